The van der Waals surface area contributed by atoms with Crippen LogP contribution in [0.1, 0.15) is 25.7 Å². The molecule has 0 spiro atoms. The largest absolute Gasteiger partial charge is 0.495 e. The number of anilines is 1. The molecular formula is C16H21N3O5S. The van der Waals surface area contributed by atoms with Crippen LogP contribution in [0.2, 0.25) is 0 Å². The van der Waals surface area contributed by atoms with Gasteiger partial charge in [-0.05, 0) is 37.5 Å². The van der Waals surface area contributed by atoms with E-state index in [1.807, 2.05) is 0 Å². The van der Waals surface area contributed by atoms with Crippen molar-refractivity contribution in [1.82, 2.24) is 9.62 Å². The Kier molecular flexibility index (Phi) is 4.96. The Morgan fingerprint density at radius 1 is 1.36 bits per heavy atom. The van der Waals surface area contributed by atoms with Gasteiger partial charge in [0.2, 0.25) is 21.8 Å². The first-order chi connectivity index (χ1) is 11.9. The Labute approximate surface area is 146 Å². The van der Waals surface area contributed by atoms with Gasteiger partial charge in [0.05, 0.1) is 24.2 Å². The number of nitrogens with one attached hydrogen (secondary N) is 2. The summed E-state index contributed by atoms with van der Waals surface area (Å²) in [5.74, 6) is -0.0863. The Morgan fingerprint density at radius 3 is 2.72 bits per heavy atom. The van der Waals surface area contributed by atoms with Crippen LogP contribution >= 0.6 is 0 Å². The molecule has 25 heavy (non-hydrogen) atoms. The monoisotopic (exact) mass is 367 g/mol. The van der Waals surface area contributed by atoms with Gasteiger partial charge in [-0.25, -0.2) is 13.1 Å². The molecule has 2 N–H and O–H groups in total. The van der Waals surface area contributed by atoms with Gasteiger partial charge in [-0.2, -0.15) is 0 Å². The first-order valence-electron chi connectivity index (χ1n) is 8.17. The van der Waals surface area contributed by atoms with E-state index >= 15 is 0 Å². The van der Waals surface area contributed by atoms with Crippen LogP contribution in [0, 0.1) is 0 Å². The number of ether oxygens (including phenoxy) is 1. The topological polar surface area (TPSA) is 105 Å². The summed E-state index contributed by atoms with van der Waals surface area (Å²) in [5, 5.41) is 2.64. The smallest absolute Gasteiger partial charge is 0.244 e. The van der Waals surface area contributed by atoms with Gasteiger partial charge >= 0.3 is 0 Å². The molecular weight excluding hydrogens is 346 g/mol. The first kappa shape index (κ1) is 17.7. The van der Waals surface area contributed by atoms with Crippen molar-refractivity contribution < 1.29 is 22.7 Å². The van der Waals surface area contributed by atoms with Crippen molar-refractivity contribution in [2.45, 2.75) is 36.6 Å². The second kappa shape index (κ2) is 7.01. The van der Waals surface area contributed by atoms with E-state index in [2.05, 4.69) is 10.0 Å². The lowest BCUT2D eigenvalue weighted by molar-refractivity contribution is -0.131. The van der Waals surface area contributed by atoms with E-state index in [9.17, 15) is 18.0 Å². The third-order valence-electron chi connectivity index (χ3n) is 4.16. The number of hydrogen-bond donors (Lipinski definition) is 2. The van der Waals surface area contributed by atoms with E-state index in [0.29, 0.717) is 18.7 Å². The fourth-order valence-corrected chi connectivity index (χ4v) is 4.01. The number of sulfonamides is 1. The molecule has 3 rings (SSSR count). The van der Waals surface area contributed by atoms with Gasteiger partial charge in [0.1, 0.15) is 5.75 Å². The van der Waals surface area contributed by atoms with Crippen LogP contribution in [0.4, 0.5) is 5.69 Å². The van der Waals surface area contributed by atoms with Crippen molar-refractivity contribution in [3.05, 3.63) is 18.2 Å². The minimum atomic E-state index is -3.63. The molecule has 2 aliphatic rings. The van der Waals surface area contributed by atoms with Gasteiger partial charge in [-0.15, -0.1) is 0 Å². The number of benzene rings is 1. The molecule has 1 aliphatic carbocycles. The molecule has 0 bridgehead atoms. The van der Waals surface area contributed by atoms with Crippen molar-refractivity contribution in [2.75, 3.05) is 25.5 Å². The van der Waals surface area contributed by atoms with Crippen molar-refractivity contribution in [3.63, 3.8) is 0 Å². The highest BCUT2D eigenvalue weighted by molar-refractivity contribution is 7.89. The summed E-state index contributed by atoms with van der Waals surface area (Å²) >= 11 is 0. The van der Waals surface area contributed by atoms with E-state index in [1.165, 1.54) is 30.2 Å². The quantitative estimate of drug-likeness (QED) is 0.738. The highest BCUT2D eigenvalue weighted by atomic mass is 32.2. The summed E-state index contributed by atoms with van der Waals surface area (Å²) in [5.41, 5.74) is 0.262. The van der Waals surface area contributed by atoms with Crippen LogP contribution in [-0.2, 0) is 19.6 Å². The van der Waals surface area contributed by atoms with Crippen LogP contribution in [0.25, 0.3) is 0 Å². The zero-order valence-corrected chi connectivity index (χ0v) is 14.8. The summed E-state index contributed by atoms with van der Waals surface area (Å²) in [6.07, 6.45) is 2.87. The molecule has 8 nitrogen and oxygen atoms in total. The number of likely N-dealkylation sites (tertiary alicyclic amines) is 1. The predicted molar refractivity (Wildman–Crippen MR) is 90.8 cm³/mol. The van der Waals surface area contributed by atoms with Gasteiger partial charge in [-0.1, -0.05) is 0 Å². The molecule has 1 aromatic carbocycles. The van der Waals surface area contributed by atoms with E-state index in [-0.39, 0.29) is 29.1 Å². The van der Waals surface area contributed by atoms with E-state index in [1.54, 1.807) is 0 Å². The van der Waals surface area contributed by atoms with E-state index in [4.69, 9.17) is 4.74 Å². The molecule has 1 saturated heterocycles. The number of carbonyl (C=O) groups is 2. The number of carbonyl (C=O) groups excluding carboxylic acids is 2. The van der Waals surface area contributed by atoms with Crippen molar-refractivity contribution in [1.29, 1.82) is 0 Å². The highest BCUT2D eigenvalue weighted by Gasteiger charge is 2.29. The van der Waals surface area contributed by atoms with Crippen LogP contribution in [0.3, 0.4) is 0 Å². The lowest BCUT2D eigenvalue weighted by Crippen LogP contribution is -2.34. The molecule has 136 valence electrons. The molecule has 1 aromatic rings. The highest BCUT2D eigenvalue weighted by Crippen LogP contribution is 2.29. The number of methoxy groups -OCH3 is 1. The van der Waals surface area contributed by atoms with Gasteiger partial charge in [0, 0.05) is 19.0 Å². The van der Waals surface area contributed by atoms with Crippen LogP contribution in [0.15, 0.2) is 23.1 Å². The third-order valence-corrected chi connectivity index (χ3v) is 5.68. The van der Waals surface area contributed by atoms with Crippen LogP contribution in [-0.4, -0.2) is 51.4 Å². The summed E-state index contributed by atoms with van der Waals surface area (Å²) in [7, 11) is -2.20. The maximum atomic E-state index is 12.3. The lowest BCUT2D eigenvalue weighted by Gasteiger charge is -2.17. The second-order valence-corrected chi connectivity index (χ2v) is 7.94. The van der Waals surface area contributed by atoms with Gasteiger partial charge in [-0.3, -0.25) is 9.59 Å². The number of nitrogens with zero attached hydrogens (tertiary/aromatic N) is 1. The normalized spacial score (nSPS) is 17.6. The maximum Gasteiger partial charge on any atom is 0.244 e. The molecule has 2 amide bonds. The molecule has 0 atom stereocenters. The zero-order valence-electron chi connectivity index (χ0n) is 13.9. The fraction of sp³-hybridized carbons (Fsp3) is 0.500. The molecule has 1 aliphatic heterocycles. The maximum absolute atomic E-state index is 12.3. The lowest BCUT2D eigenvalue weighted by atomic mass is 10.3. The SMILES string of the molecule is COc1ccc(S(=O)(=O)NC2CC2)cc1NC(=O)CN1CCCC1=O. The fourth-order valence-electron chi connectivity index (χ4n) is 2.67. The summed E-state index contributed by atoms with van der Waals surface area (Å²) in [6, 6.07) is 4.29. The predicted octanol–water partition coefficient (Wildman–Crippen LogP) is 0.697. The number of amides is 2. The van der Waals surface area contributed by atoms with Gasteiger partial charge in [0.25, 0.3) is 0 Å². The molecule has 1 heterocycles. The van der Waals surface area contributed by atoms with Crippen molar-refractivity contribution in [3.8, 4) is 5.75 Å². The van der Waals surface area contributed by atoms with E-state index in [0.717, 1.165) is 19.3 Å². The Hall–Kier alpha value is -2.13. The molecule has 0 unspecified atom stereocenters. The minimum Gasteiger partial charge on any atom is -0.495 e. The number of hydrogen-bond acceptors (Lipinski definition) is 5. The molecule has 2 fully saturated rings. The first-order valence-corrected chi connectivity index (χ1v) is 9.65. The second-order valence-electron chi connectivity index (χ2n) is 6.22. The Balaban J connectivity index is 1.75. The molecule has 1 saturated carbocycles. The van der Waals surface area contributed by atoms with Crippen molar-refractivity contribution >= 4 is 27.5 Å². The van der Waals surface area contributed by atoms with Gasteiger partial charge < -0.3 is 15.0 Å². The average molecular weight is 367 g/mol. The molecule has 0 aromatic heterocycles. The summed E-state index contributed by atoms with van der Waals surface area (Å²) in [4.78, 5) is 25.4. The molecule has 9 heteroatoms. The Bertz CT molecular complexity index is 789. The zero-order chi connectivity index (χ0) is 18.0. The third kappa shape index (κ3) is 4.29. The summed E-state index contributed by atoms with van der Waals surface area (Å²) in [6.45, 7) is 0.502. The van der Waals surface area contributed by atoms with Crippen molar-refractivity contribution in [2.24, 2.45) is 0 Å². The number of rotatable bonds is 7. The van der Waals surface area contributed by atoms with Crippen LogP contribution in [0.5, 0.6) is 5.75 Å². The average Bonchev–Trinajstić information content (AvgIpc) is 3.28. The van der Waals surface area contributed by atoms with Crippen LogP contribution < -0.4 is 14.8 Å². The van der Waals surface area contributed by atoms with Gasteiger partial charge in [0.15, 0.2) is 0 Å². The molecule has 0 radical (unpaired) electrons. The standard InChI is InChI=1S/C16H21N3O5S/c1-24-14-7-6-12(25(22,23)18-11-4-5-11)9-13(14)17-15(20)10-19-8-2-3-16(19)21/h6-7,9,11,18H,2-5,8,10H2,1H3,(H,17,20). The summed E-state index contributed by atoms with van der Waals surface area (Å²) < 4.78 is 32.4. The Morgan fingerprint density at radius 2 is 2.12 bits per heavy atom. The van der Waals surface area contributed by atoms with E-state index < -0.39 is 15.9 Å². The minimum absolute atomic E-state index is 0.00804.